The van der Waals surface area contributed by atoms with E-state index in [4.69, 9.17) is 4.74 Å². The van der Waals surface area contributed by atoms with Gasteiger partial charge in [-0.3, -0.25) is 4.21 Å². The van der Waals surface area contributed by atoms with Crippen LogP contribution in [-0.4, -0.2) is 21.7 Å². The second kappa shape index (κ2) is 5.38. The highest BCUT2D eigenvalue weighted by Gasteiger charge is 2.34. The number of rotatable bonds is 3. The fourth-order valence-electron chi connectivity index (χ4n) is 2.57. The number of aliphatic hydroxyl groups excluding tert-OH is 1. The maximum Gasteiger partial charge on any atom is 0.118 e. The van der Waals surface area contributed by atoms with Gasteiger partial charge in [0.1, 0.15) is 5.75 Å². The van der Waals surface area contributed by atoms with E-state index >= 15 is 0 Å². The van der Waals surface area contributed by atoms with E-state index in [0.29, 0.717) is 6.42 Å². The minimum atomic E-state index is -1.15. The molecule has 104 valence electrons. The lowest BCUT2D eigenvalue weighted by Crippen LogP contribution is -2.21. The van der Waals surface area contributed by atoms with Gasteiger partial charge in [0.2, 0.25) is 0 Å². The van der Waals surface area contributed by atoms with Crippen LogP contribution in [0.3, 0.4) is 0 Å². The van der Waals surface area contributed by atoms with Gasteiger partial charge in [0, 0.05) is 4.90 Å². The molecule has 1 N–H and O–H groups in total. The fraction of sp³-hybridized carbons (Fsp3) is 0.250. The van der Waals surface area contributed by atoms with Crippen LogP contribution in [0.2, 0.25) is 0 Å². The summed E-state index contributed by atoms with van der Waals surface area (Å²) in [6.45, 7) is 0. The molecule has 1 aliphatic heterocycles. The molecule has 3 atom stereocenters. The van der Waals surface area contributed by atoms with Crippen molar-refractivity contribution in [2.24, 2.45) is 0 Å². The molecule has 1 unspecified atom stereocenters. The van der Waals surface area contributed by atoms with Crippen molar-refractivity contribution < 1.29 is 14.1 Å². The number of hydrogen-bond acceptors (Lipinski definition) is 3. The van der Waals surface area contributed by atoms with Crippen molar-refractivity contribution in [1.82, 2.24) is 0 Å². The molecular formula is C16H16O3S. The third-order valence-electron chi connectivity index (χ3n) is 3.69. The molecule has 0 radical (unpaired) electrons. The van der Waals surface area contributed by atoms with Crippen LogP contribution >= 0.6 is 0 Å². The SMILES string of the molecule is COc1ccc([C@@H](O)[C@@H]2Cc3ccccc3S2=O)cc1. The molecular weight excluding hydrogens is 272 g/mol. The van der Waals surface area contributed by atoms with Gasteiger partial charge in [-0.2, -0.15) is 0 Å². The van der Waals surface area contributed by atoms with Crippen LogP contribution in [0.5, 0.6) is 5.75 Å². The molecule has 0 saturated carbocycles. The van der Waals surface area contributed by atoms with Crippen molar-refractivity contribution in [3.8, 4) is 5.75 Å². The van der Waals surface area contributed by atoms with E-state index in [0.717, 1.165) is 21.8 Å². The van der Waals surface area contributed by atoms with Gasteiger partial charge in [-0.1, -0.05) is 30.3 Å². The summed E-state index contributed by atoms with van der Waals surface area (Å²) in [5.41, 5.74) is 1.85. The van der Waals surface area contributed by atoms with Gasteiger partial charge in [0.05, 0.1) is 29.3 Å². The third kappa shape index (κ3) is 2.25. The molecule has 3 nitrogen and oxygen atoms in total. The Labute approximate surface area is 120 Å². The van der Waals surface area contributed by atoms with Gasteiger partial charge >= 0.3 is 0 Å². The number of methoxy groups -OCH3 is 1. The van der Waals surface area contributed by atoms with Crippen LogP contribution in [-0.2, 0) is 17.2 Å². The molecule has 3 rings (SSSR count). The standard InChI is InChI=1S/C16H16O3S/c1-19-13-8-6-11(7-9-13)16(17)15-10-12-4-2-3-5-14(12)20(15)18/h2-9,15-17H,10H2,1H3/t15-,16+,20?/m0/s1. The highest BCUT2D eigenvalue weighted by atomic mass is 32.2. The monoisotopic (exact) mass is 288 g/mol. The number of hydrogen-bond donors (Lipinski definition) is 1. The van der Waals surface area contributed by atoms with Crippen LogP contribution in [0.1, 0.15) is 17.2 Å². The van der Waals surface area contributed by atoms with Crippen LogP contribution in [0.4, 0.5) is 0 Å². The van der Waals surface area contributed by atoms with E-state index in [1.165, 1.54) is 0 Å². The molecule has 2 aromatic rings. The molecule has 1 aliphatic rings. The number of benzene rings is 2. The van der Waals surface area contributed by atoms with Crippen molar-refractivity contribution in [1.29, 1.82) is 0 Å². The lowest BCUT2D eigenvalue weighted by atomic mass is 10.0. The molecule has 20 heavy (non-hydrogen) atoms. The van der Waals surface area contributed by atoms with Crippen molar-refractivity contribution in [2.75, 3.05) is 7.11 Å². The first-order chi connectivity index (χ1) is 9.70. The average Bonchev–Trinajstić information content (AvgIpc) is 2.84. The van der Waals surface area contributed by atoms with Gasteiger partial charge in [0.25, 0.3) is 0 Å². The fourth-order valence-corrected chi connectivity index (χ4v) is 4.24. The summed E-state index contributed by atoms with van der Waals surface area (Å²) in [7, 11) is 0.451. The zero-order chi connectivity index (χ0) is 14.1. The Morgan fingerprint density at radius 1 is 1.20 bits per heavy atom. The van der Waals surface area contributed by atoms with Gasteiger partial charge in [-0.05, 0) is 35.7 Å². The second-order valence-electron chi connectivity index (χ2n) is 4.87. The summed E-state index contributed by atoms with van der Waals surface area (Å²) in [4.78, 5) is 0.852. The van der Waals surface area contributed by atoms with Crippen LogP contribution in [0, 0.1) is 0 Å². The predicted octanol–water partition coefficient (Wildman–Crippen LogP) is 2.46. The van der Waals surface area contributed by atoms with Gasteiger partial charge in [0.15, 0.2) is 0 Å². The minimum Gasteiger partial charge on any atom is -0.497 e. The lowest BCUT2D eigenvalue weighted by molar-refractivity contribution is 0.173. The second-order valence-corrected chi connectivity index (χ2v) is 6.51. The number of aliphatic hydroxyl groups is 1. The normalized spacial score (nSPS) is 22.3. The highest BCUT2D eigenvalue weighted by Crippen LogP contribution is 2.35. The zero-order valence-corrected chi connectivity index (χ0v) is 12.0. The topological polar surface area (TPSA) is 46.5 Å². The van der Waals surface area contributed by atoms with Crippen molar-refractivity contribution >= 4 is 10.8 Å². The average molecular weight is 288 g/mol. The van der Waals surface area contributed by atoms with Crippen LogP contribution < -0.4 is 4.74 Å². The molecule has 1 heterocycles. The molecule has 0 fully saturated rings. The van der Waals surface area contributed by atoms with Crippen molar-refractivity contribution in [2.45, 2.75) is 22.7 Å². The predicted molar refractivity (Wildman–Crippen MR) is 78.3 cm³/mol. The Hall–Kier alpha value is -1.65. The molecule has 4 heteroatoms. The Bertz CT molecular complexity index is 636. The number of ether oxygens (including phenoxy) is 1. The van der Waals surface area contributed by atoms with Crippen LogP contribution in [0.25, 0.3) is 0 Å². The van der Waals surface area contributed by atoms with E-state index in [9.17, 15) is 9.32 Å². The molecule has 0 saturated heterocycles. The quantitative estimate of drug-likeness (QED) is 0.943. The summed E-state index contributed by atoms with van der Waals surface area (Å²) in [5, 5.41) is 10.2. The van der Waals surface area contributed by atoms with E-state index in [1.54, 1.807) is 7.11 Å². The summed E-state index contributed by atoms with van der Waals surface area (Å²) in [6, 6.07) is 15.0. The smallest absolute Gasteiger partial charge is 0.118 e. The first kappa shape index (κ1) is 13.3. The largest absolute Gasteiger partial charge is 0.497 e. The molecule has 0 bridgehead atoms. The van der Waals surface area contributed by atoms with Crippen molar-refractivity contribution in [3.63, 3.8) is 0 Å². The van der Waals surface area contributed by atoms with E-state index < -0.39 is 16.9 Å². The summed E-state index contributed by atoms with van der Waals surface area (Å²) in [5.74, 6) is 0.747. The van der Waals surface area contributed by atoms with Crippen molar-refractivity contribution in [3.05, 3.63) is 59.7 Å². The molecule has 0 aromatic heterocycles. The van der Waals surface area contributed by atoms with Crippen LogP contribution in [0.15, 0.2) is 53.4 Å². The first-order valence-corrected chi connectivity index (χ1v) is 7.72. The zero-order valence-electron chi connectivity index (χ0n) is 11.2. The lowest BCUT2D eigenvalue weighted by Gasteiger charge is -2.17. The Kier molecular flexibility index (Phi) is 3.59. The molecule has 0 aliphatic carbocycles. The maximum absolute atomic E-state index is 12.5. The Balaban J connectivity index is 1.85. The first-order valence-electron chi connectivity index (χ1n) is 6.51. The third-order valence-corrected chi connectivity index (χ3v) is 5.50. The summed E-state index contributed by atoms with van der Waals surface area (Å²) >= 11 is 0. The van der Waals surface area contributed by atoms with Gasteiger partial charge < -0.3 is 9.84 Å². The van der Waals surface area contributed by atoms with Gasteiger partial charge in [-0.25, -0.2) is 0 Å². The summed E-state index contributed by atoms with van der Waals surface area (Å²) < 4.78 is 17.6. The Morgan fingerprint density at radius 2 is 1.90 bits per heavy atom. The number of fused-ring (bicyclic) bond motifs is 1. The highest BCUT2D eigenvalue weighted by molar-refractivity contribution is 7.86. The van der Waals surface area contributed by atoms with E-state index in [1.807, 2.05) is 48.5 Å². The molecule has 2 aromatic carbocycles. The molecule has 0 amide bonds. The van der Waals surface area contributed by atoms with E-state index in [2.05, 4.69) is 0 Å². The molecule has 0 spiro atoms. The van der Waals surface area contributed by atoms with E-state index in [-0.39, 0.29) is 5.25 Å². The Morgan fingerprint density at radius 3 is 2.55 bits per heavy atom. The van der Waals surface area contributed by atoms with Gasteiger partial charge in [-0.15, -0.1) is 0 Å². The summed E-state index contributed by atoms with van der Waals surface area (Å²) in [6.07, 6.45) is -0.0789. The minimum absolute atomic E-state index is 0.277. The maximum atomic E-state index is 12.5.